The van der Waals surface area contributed by atoms with Gasteiger partial charge in [0.1, 0.15) is 24.4 Å². The summed E-state index contributed by atoms with van der Waals surface area (Å²) in [4.78, 5) is 58.4. The maximum atomic E-state index is 14.7. The van der Waals surface area contributed by atoms with Crippen molar-refractivity contribution in [1.29, 1.82) is 0 Å². The summed E-state index contributed by atoms with van der Waals surface area (Å²) in [5, 5.41) is 15.2. The van der Waals surface area contributed by atoms with Crippen LogP contribution in [-0.4, -0.2) is 97.6 Å². The predicted molar refractivity (Wildman–Crippen MR) is 331 cm³/mol. The molecule has 4 aliphatic heterocycles. The molecule has 10 rings (SSSR count). The van der Waals surface area contributed by atoms with E-state index in [4.69, 9.17) is 18.9 Å². The highest BCUT2D eigenvalue weighted by Gasteiger charge is 2.57. The summed E-state index contributed by atoms with van der Waals surface area (Å²) < 4.78 is 25.4. The molecule has 5 aliphatic rings. The summed E-state index contributed by atoms with van der Waals surface area (Å²) in [7, 11) is 0. The largest absolute Gasteiger partial charge is 0.462 e. The Morgan fingerprint density at radius 3 is 1.48 bits per heavy atom. The summed E-state index contributed by atoms with van der Waals surface area (Å²) >= 11 is 0. The maximum Gasteiger partial charge on any atom is 0.339 e. The molecule has 12 heteroatoms. The second-order valence-electron chi connectivity index (χ2n) is 30.5. The monoisotopic (exact) mass is 1130 g/mol. The van der Waals surface area contributed by atoms with Crippen molar-refractivity contribution < 1.29 is 38.1 Å². The second kappa shape index (κ2) is 22.0. The fourth-order valence-electron chi connectivity index (χ4n) is 17.0. The zero-order chi connectivity index (χ0) is 59.9. The number of fused-ring (bicyclic) bond motifs is 2. The molecule has 0 radical (unpaired) electrons. The molecule has 446 valence electrons. The Morgan fingerprint density at radius 1 is 0.422 bits per heavy atom. The van der Waals surface area contributed by atoms with E-state index >= 15 is 0 Å². The third kappa shape index (κ3) is 13.7. The topological polar surface area (TPSA) is 145 Å². The molecule has 12 nitrogen and oxygen atoms in total. The highest BCUT2D eigenvalue weighted by Crippen LogP contribution is 2.48. The van der Waals surface area contributed by atoms with Gasteiger partial charge < -0.3 is 29.6 Å². The number of rotatable bonds is 11. The van der Waals surface area contributed by atoms with Crippen molar-refractivity contribution in [3.8, 4) is 11.1 Å². The Hall–Kier alpha value is -5.66. The molecule has 2 atom stereocenters. The molecule has 2 unspecified atom stereocenters. The highest BCUT2D eigenvalue weighted by atomic mass is 16.6. The third-order valence-corrected chi connectivity index (χ3v) is 18.7. The van der Waals surface area contributed by atoms with Gasteiger partial charge in [0.15, 0.2) is 0 Å². The van der Waals surface area contributed by atoms with Crippen LogP contribution in [0.2, 0.25) is 0 Å². The molecular weight excluding hydrogens is 1040 g/mol. The van der Waals surface area contributed by atoms with E-state index in [1.807, 2.05) is 60.7 Å². The predicted octanol–water partition coefficient (Wildman–Crippen LogP) is 14.5. The van der Waals surface area contributed by atoms with Crippen molar-refractivity contribution >= 4 is 45.4 Å². The average molecular weight is 1130 g/mol. The lowest BCUT2D eigenvalue weighted by Gasteiger charge is -2.65. The quantitative estimate of drug-likeness (QED) is 0.0855. The number of nitrogens with one attached hydrogen (secondary N) is 3. The van der Waals surface area contributed by atoms with Crippen LogP contribution in [0.25, 0.3) is 32.7 Å². The van der Waals surface area contributed by atoms with Gasteiger partial charge in [-0.25, -0.2) is 14.4 Å². The van der Waals surface area contributed by atoms with E-state index in [2.05, 4.69) is 161 Å². The molecule has 3 N–H and O–H groups in total. The Kier molecular flexibility index (Phi) is 16.0. The molecule has 1 aliphatic carbocycles. The van der Waals surface area contributed by atoms with Gasteiger partial charge in [0.25, 0.3) is 0 Å². The number of ether oxygens (including phenoxy) is 4. The first-order chi connectivity index (χ1) is 38.6. The minimum Gasteiger partial charge on any atom is -0.462 e. The molecule has 0 spiro atoms. The summed E-state index contributed by atoms with van der Waals surface area (Å²) in [5.74, 6) is -0.965. The summed E-state index contributed by atoms with van der Waals surface area (Å²) in [5.41, 5.74) is 2.30. The lowest BCUT2D eigenvalue weighted by molar-refractivity contribution is -0.176. The minimum atomic E-state index is -0.595. The van der Waals surface area contributed by atoms with E-state index in [9.17, 15) is 19.2 Å². The Morgan fingerprint density at radius 2 is 0.892 bits per heavy atom. The highest BCUT2D eigenvalue weighted by molar-refractivity contribution is 6.05. The van der Waals surface area contributed by atoms with Crippen molar-refractivity contribution in [2.24, 2.45) is 5.92 Å². The lowest BCUT2D eigenvalue weighted by atomic mass is 9.72. The molecule has 0 bridgehead atoms. The number of carbonyl (C=O) groups excluding carboxylic acids is 4. The Bertz CT molecular complexity index is 3220. The zero-order valence-electron chi connectivity index (χ0n) is 52.4. The Balaban J connectivity index is 0.784. The van der Waals surface area contributed by atoms with Gasteiger partial charge in [-0.1, -0.05) is 60.7 Å². The number of hydrogen-bond acceptors (Lipinski definition) is 12. The van der Waals surface area contributed by atoms with Crippen LogP contribution in [-0.2, 0) is 23.7 Å². The van der Waals surface area contributed by atoms with E-state index in [0.717, 1.165) is 89.6 Å². The molecule has 1 saturated carbocycles. The van der Waals surface area contributed by atoms with Gasteiger partial charge in [-0.05, 0) is 210 Å². The van der Waals surface area contributed by atoms with Crippen molar-refractivity contribution in [1.82, 2.24) is 20.9 Å². The van der Waals surface area contributed by atoms with Gasteiger partial charge in [0.05, 0.1) is 28.3 Å². The van der Waals surface area contributed by atoms with E-state index in [1.54, 1.807) is 0 Å². The molecule has 5 fully saturated rings. The molecule has 0 aromatic heterocycles. The number of hydrogen-bond donors (Lipinski definition) is 3. The first-order valence-corrected chi connectivity index (χ1v) is 30.8. The van der Waals surface area contributed by atoms with Crippen LogP contribution in [0.3, 0.4) is 0 Å². The number of carbonyl (C=O) groups is 4. The van der Waals surface area contributed by atoms with Crippen LogP contribution < -0.4 is 16.0 Å². The van der Waals surface area contributed by atoms with Gasteiger partial charge in [-0.15, -0.1) is 0 Å². The SMILES string of the molecule is CC1(C)CC(OC(=O)c2ccc(-c3ccc4ccc(C(=O)OC5CC(C)(C)NC(C)(N6C(C)(C)CC(OC(=O)c7cc(C8CCC(C(=O)OC9CC(C)(C)NC(C)(C)C9)CC8)cc8ccccc78)CC6(C)C)C5)cc4c3)cc2)CC(C)(C)N1. The van der Waals surface area contributed by atoms with Crippen molar-refractivity contribution in [3.63, 3.8) is 0 Å². The number of nitrogens with zero attached hydrogens (tertiary/aromatic N) is 1. The fourth-order valence-corrected chi connectivity index (χ4v) is 17.0. The molecule has 4 saturated heterocycles. The normalized spacial score (nSPS) is 26.9. The van der Waals surface area contributed by atoms with Crippen LogP contribution in [0, 0.1) is 5.92 Å². The average Bonchev–Trinajstić information content (AvgIpc) is 2.17. The summed E-state index contributed by atoms with van der Waals surface area (Å²) in [6.07, 6.45) is 7.73. The number of esters is 4. The summed E-state index contributed by atoms with van der Waals surface area (Å²) in [6, 6.07) is 31.9. The molecule has 4 heterocycles. The number of piperidine rings is 4. The van der Waals surface area contributed by atoms with Crippen LogP contribution in [0.4, 0.5) is 0 Å². The van der Waals surface area contributed by atoms with Crippen LogP contribution in [0.1, 0.15) is 223 Å². The van der Waals surface area contributed by atoms with Crippen molar-refractivity contribution in [2.75, 3.05) is 0 Å². The van der Waals surface area contributed by atoms with E-state index in [-0.39, 0.29) is 87.8 Å². The van der Waals surface area contributed by atoms with Gasteiger partial charge in [0, 0.05) is 90.1 Å². The minimum absolute atomic E-state index is 0.0710. The van der Waals surface area contributed by atoms with E-state index in [0.29, 0.717) is 42.4 Å². The number of benzene rings is 5. The van der Waals surface area contributed by atoms with Gasteiger partial charge in [-0.3, -0.25) is 15.0 Å². The van der Waals surface area contributed by atoms with Crippen molar-refractivity contribution in [3.05, 3.63) is 119 Å². The second-order valence-corrected chi connectivity index (χ2v) is 30.5. The molecular formula is C71H94N4O8. The van der Waals surface area contributed by atoms with E-state index < -0.39 is 16.7 Å². The Labute approximate surface area is 494 Å². The maximum absolute atomic E-state index is 14.7. The van der Waals surface area contributed by atoms with Gasteiger partial charge >= 0.3 is 23.9 Å². The zero-order valence-corrected chi connectivity index (χ0v) is 52.4. The van der Waals surface area contributed by atoms with Crippen LogP contribution >= 0.6 is 0 Å². The fraction of sp³-hybridized carbons (Fsp3) is 0.577. The first-order valence-electron chi connectivity index (χ1n) is 30.8. The molecule has 5 aromatic carbocycles. The molecule has 0 amide bonds. The van der Waals surface area contributed by atoms with Gasteiger partial charge in [0.2, 0.25) is 0 Å². The van der Waals surface area contributed by atoms with Crippen LogP contribution in [0.5, 0.6) is 0 Å². The molecule has 83 heavy (non-hydrogen) atoms. The number of likely N-dealkylation sites (tertiary alicyclic amines) is 1. The smallest absolute Gasteiger partial charge is 0.339 e. The summed E-state index contributed by atoms with van der Waals surface area (Å²) in [6.45, 7) is 32.8. The van der Waals surface area contributed by atoms with E-state index in [1.165, 1.54) is 0 Å². The first kappa shape index (κ1) is 60.5. The van der Waals surface area contributed by atoms with Gasteiger partial charge in [-0.2, -0.15) is 0 Å². The molecule has 5 aromatic rings. The standard InChI is InChI=1S/C71H94N4O8/c1-64(2)36-54(37-65(3,4)72-64)80-60(76)47-26-20-44(21-27-47)49-30-24-45-25-31-51(34-52(45)32-49)62(78)82-56-40-68(9,10)74-71(15,43-56)75-69(11,12)41-57(42-70(75,13)14)83-63(79)59-35-53(33-50-18-16-17-19-58(50)59)46-22-28-48(29-23-46)61(77)81-55-38-66(5,6)73-67(7,8)39-55/h16-21,24-27,30-35,46,48,54-57,72-74H,22-23,28-29,36-43H2,1-15H3. The lowest BCUT2D eigenvalue weighted by Crippen LogP contribution is -2.77. The van der Waals surface area contributed by atoms with Crippen molar-refractivity contribution in [2.45, 2.75) is 256 Å². The third-order valence-electron chi connectivity index (χ3n) is 18.7. The van der Waals surface area contributed by atoms with Crippen LogP contribution in [0.15, 0.2) is 97.1 Å².